The maximum atomic E-state index is 11.6. The Kier molecular flexibility index (Phi) is 6.58. The van der Waals surface area contributed by atoms with Crippen LogP contribution in [0.15, 0.2) is 18.2 Å². The molecule has 120 valence electrons. The van der Waals surface area contributed by atoms with E-state index in [0.29, 0.717) is 0 Å². The van der Waals surface area contributed by atoms with E-state index in [2.05, 4.69) is 10.6 Å². The van der Waals surface area contributed by atoms with E-state index >= 15 is 0 Å². The molecule has 0 heterocycles. The van der Waals surface area contributed by atoms with E-state index in [0.717, 1.165) is 12.5 Å². The molecule has 22 heavy (non-hydrogen) atoms. The van der Waals surface area contributed by atoms with Gasteiger partial charge in [-0.3, -0.25) is 20.2 Å². The summed E-state index contributed by atoms with van der Waals surface area (Å²) in [5, 5.41) is 15.6. The van der Waals surface area contributed by atoms with E-state index in [9.17, 15) is 19.7 Å². The molecule has 0 aliphatic carbocycles. The molecule has 1 atom stereocenters. The number of nitro groups is 1. The van der Waals surface area contributed by atoms with E-state index in [1.807, 2.05) is 6.92 Å². The number of hydrogen-bond acceptors (Lipinski definition) is 5. The Bertz CT molecular complexity index is 579. The molecule has 3 amide bonds. The van der Waals surface area contributed by atoms with Gasteiger partial charge in [-0.1, -0.05) is 18.5 Å². The fraction of sp³-hybridized carbons (Fsp3) is 0.385. The zero-order valence-corrected chi connectivity index (χ0v) is 12.8. The molecule has 0 aliphatic rings. The minimum Gasteiger partial charge on any atom is -0.477 e. The molecule has 1 aromatic carbocycles. The smallest absolute Gasteiger partial charge is 0.321 e. The predicted octanol–water partition coefficient (Wildman–Crippen LogP) is 2.25. The van der Waals surface area contributed by atoms with Crippen LogP contribution in [0.25, 0.3) is 0 Å². The number of hydrogen-bond donors (Lipinski definition) is 2. The van der Waals surface area contributed by atoms with Crippen LogP contribution in [0.1, 0.15) is 20.3 Å². The van der Waals surface area contributed by atoms with Gasteiger partial charge in [0.25, 0.3) is 5.91 Å². The Morgan fingerprint density at radius 3 is 2.73 bits per heavy atom. The Morgan fingerprint density at radius 2 is 2.14 bits per heavy atom. The molecule has 0 bridgehead atoms. The number of nitrogens with one attached hydrogen (secondary N) is 2. The van der Waals surface area contributed by atoms with E-state index in [4.69, 9.17) is 16.3 Å². The molecule has 0 unspecified atom stereocenters. The number of amides is 3. The van der Waals surface area contributed by atoms with Gasteiger partial charge in [-0.25, -0.2) is 4.79 Å². The third kappa shape index (κ3) is 5.57. The highest BCUT2D eigenvalue weighted by Gasteiger charge is 2.17. The van der Waals surface area contributed by atoms with Gasteiger partial charge in [-0.15, -0.1) is 0 Å². The zero-order valence-electron chi connectivity index (χ0n) is 12.1. The van der Waals surface area contributed by atoms with Crippen molar-refractivity contribution in [1.29, 1.82) is 0 Å². The summed E-state index contributed by atoms with van der Waals surface area (Å²) < 4.78 is 5.06. The summed E-state index contributed by atoms with van der Waals surface area (Å²) in [5.41, 5.74) is -0.357. The highest BCUT2D eigenvalue weighted by molar-refractivity contribution is 6.30. The van der Waals surface area contributed by atoms with Crippen molar-refractivity contribution in [2.75, 3.05) is 6.61 Å². The van der Waals surface area contributed by atoms with Gasteiger partial charge in [0.05, 0.1) is 4.92 Å². The molecule has 0 fully saturated rings. The Morgan fingerprint density at radius 1 is 1.45 bits per heavy atom. The number of imide groups is 1. The van der Waals surface area contributed by atoms with Gasteiger partial charge in [0, 0.05) is 17.1 Å². The quantitative estimate of drug-likeness (QED) is 0.614. The van der Waals surface area contributed by atoms with Crippen molar-refractivity contribution in [2.24, 2.45) is 0 Å². The summed E-state index contributed by atoms with van der Waals surface area (Å²) in [4.78, 5) is 33.2. The number of carbonyl (C=O) groups excluding carboxylic acids is 2. The Labute approximate surface area is 131 Å². The number of ether oxygens (including phenoxy) is 1. The molecule has 0 spiro atoms. The second-order valence-corrected chi connectivity index (χ2v) is 4.93. The summed E-state index contributed by atoms with van der Waals surface area (Å²) in [5.74, 6) is -0.822. The zero-order chi connectivity index (χ0) is 16.7. The van der Waals surface area contributed by atoms with Crippen molar-refractivity contribution in [2.45, 2.75) is 26.3 Å². The minimum absolute atomic E-state index is 0.0777. The number of nitro benzene ring substituents is 1. The maximum absolute atomic E-state index is 11.6. The maximum Gasteiger partial charge on any atom is 0.321 e. The summed E-state index contributed by atoms with van der Waals surface area (Å²) >= 11 is 5.66. The standard InChI is InChI=1S/C13H16ClN3O5/c1-3-8(2)15-13(19)16-12(18)7-22-11-5-4-9(14)6-10(11)17(20)21/h4-6,8H,3,7H2,1-2H3,(H2,15,16,18,19)/t8-/m1/s1. The first-order valence-corrected chi connectivity index (χ1v) is 6.88. The second kappa shape index (κ2) is 8.18. The predicted molar refractivity (Wildman–Crippen MR) is 80.0 cm³/mol. The van der Waals surface area contributed by atoms with Gasteiger partial charge in [0.15, 0.2) is 12.4 Å². The van der Waals surface area contributed by atoms with Crippen molar-refractivity contribution in [3.8, 4) is 5.75 Å². The van der Waals surface area contributed by atoms with Crippen LogP contribution in [0.5, 0.6) is 5.75 Å². The fourth-order valence-electron chi connectivity index (χ4n) is 1.42. The van der Waals surface area contributed by atoms with E-state index in [-0.39, 0.29) is 22.5 Å². The molecular weight excluding hydrogens is 314 g/mol. The molecule has 8 nitrogen and oxygen atoms in total. The SMILES string of the molecule is CC[C@@H](C)NC(=O)NC(=O)COc1ccc(Cl)cc1[N+](=O)[O-]. The highest BCUT2D eigenvalue weighted by atomic mass is 35.5. The molecule has 0 aromatic heterocycles. The number of nitrogens with zero attached hydrogens (tertiary/aromatic N) is 1. The van der Waals surface area contributed by atoms with Crippen molar-refractivity contribution < 1.29 is 19.2 Å². The van der Waals surface area contributed by atoms with Crippen LogP contribution in [-0.2, 0) is 4.79 Å². The van der Waals surface area contributed by atoms with Gasteiger partial charge in [0.1, 0.15) is 0 Å². The lowest BCUT2D eigenvalue weighted by Crippen LogP contribution is -2.44. The molecule has 1 rings (SSSR count). The first kappa shape index (κ1) is 17.7. The van der Waals surface area contributed by atoms with Crippen molar-refractivity contribution in [3.05, 3.63) is 33.3 Å². The summed E-state index contributed by atoms with van der Waals surface area (Å²) in [6.45, 7) is 3.14. The van der Waals surface area contributed by atoms with Crippen LogP contribution in [0.4, 0.5) is 10.5 Å². The van der Waals surface area contributed by atoms with Gasteiger partial charge in [-0.05, 0) is 25.5 Å². The number of urea groups is 1. The summed E-state index contributed by atoms with van der Waals surface area (Å²) in [7, 11) is 0. The first-order valence-electron chi connectivity index (χ1n) is 6.50. The number of benzene rings is 1. The molecule has 9 heteroatoms. The van der Waals surface area contributed by atoms with E-state index < -0.39 is 23.5 Å². The van der Waals surface area contributed by atoms with Crippen LogP contribution >= 0.6 is 11.6 Å². The largest absolute Gasteiger partial charge is 0.477 e. The molecule has 0 aliphatic heterocycles. The molecule has 0 saturated heterocycles. The highest BCUT2D eigenvalue weighted by Crippen LogP contribution is 2.29. The van der Waals surface area contributed by atoms with E-state index in [1.54, 1.807) is 6.92 Å². The van der Waals surface area contributed by atoms with E-state index in [1.165, 1.54) is 12.1 Å². The third-order valence-electron chi connectivity index (χ3n) is 2.72. The summed E-state index contributed by atoms with van der Waals surface area (Å²) in [6, 6.07) is 3.08. The number of halogens is 1. The van der Waals surface area contributed by atoms with Crippen LogP contribution < -0.4 is 15.4 Å². The lowest BCUT2D eigenvalue weighted by atomic mass is 10.3. The molecule has 0 saturated carbocycles. The molecule has 0 radical (unpaired) electrons. The van der Waals surface area contributed by atoms with Crippen LogP contribution in [-0.4, -0.2) is 29.5 Å². The monoisotopic (exact) mass is 329 g/mol. The van der Waals surface area contributed by atoms with Crippen molar-refractivity contribution in [3.63, 3.8) is 0 Å². The van der Waals surface area contributed by atoms with Crippen LogP contribution in [0.2, 0.25) is 5.02 Å². The average Bonchev–Trinajstić information content (AvgIpc) is 2.45. The van der Waals surface area contributed by atoms with Crippen LogP contribution in [0, 0.1) is 10.1 Å². The lowest BCUT2D eigenvalue weighted by molar-refractivity contribution is -0.385. The number of carbonyl (C=O) groups is 2. The third-order valence-corrected chi connectivity index (χ3v) is 2.95. The summed E-state index contributed by atoms with van der Waals surface area (Å²) in [6.07, 6.45) is 0.717. The van der Waals surface area contributed by atoms with Crippen molar-refractivity contribution >= 4 is 29.2 Å². The van der Waals surface area contributed by atoms with Gasteiger partial charge in [-0.2, -0.15) is 0 Å². The lowest BCUT2D eigenvalue weighted by Gasteiger charge is -2.12. The van der Waals surface area contributed by atoms with Crippen LogP contribution in [0.3, 0.4) is 0 Å². The minimum atomic E-state index is -0.718. The number of rotatable bonds is 6. The van der Waals surface area contributed by atoms with Gasteiger partial charge >= 0.3 is 11.7 Å². The van der Waals surface area contributed by atoms with Crippen molar-refractivity contribution in [1.82, 2.24) is 10.6 Å². The average molecular weight is 330 g/mol. The molecule has 1 aromatic rings. The topological polar surface area (TPSA) is 111 Å². The normalized spacial score (nSPS) is 11.4. The second-order valence-electron chi connectivity index (χ2n) is 4.49. The Balaban J connectivity index is 2.58. The first-order chi connectivity index (χ1) is 10.3. The van der Waals surface area contributed by atoms with Gasteiger partial charge < -0.3 is 10.1 Å². The Hall–Kier alpha value is -2.35. The molecule has 2 N–H and O–H groups in total. The fourth-order valence-corrected chi connectivity index (χ4v) is 1.59. The van der Waals surface area contributed by atoms with Gasteiger partial charge in [0.2, 0.25) is 0 Å². The molecular formula is C13H16ClN3O5.